The smallest absolute Gasteiger partial charge is 0.261 e. The van der Waals surface area contributed by atoms with Crippen molar-refractivity contribution in [2.75, 3.05) is 22.7 Å². The van der Waals surface area contributed by atoms with E-state index in [2.05, 4.69) is 16.5 Å². The lowest BCUT2D eigenvalue weighted by atomic mass is 10.00. The van der Waals surface area contributed by atoms with E-state index in [9.17, 15) is 8.42 Å². The first-order valence-electron chi connectivity index (χ1n) is 8.38. The summed E-state index contributed by atoms with van der Waals surface area (Å²) in [5.41, 5.74) is 2.66. The van der Waals surface area contributed by atoms with Crippen LogP contribution in [0.15, 0.2) is 53.4 Å². The third-order valence-electron chi connectivity index (χ3n) is 4.44. The molecule has 4 nitrogen and oxygen atoms in total. The number of benzene rings is 2. The standard InChI is InChI=1S/C19H24N2O2S/c1-15-5-3-7-19(13-15)24(22,23)20-17-8-10-18(11-9-17)21-12-4-6-16(2)14-21/h3,5,7-11,13,16,20H,4,6,12,14H2,1-2H3. The van der Waals surface area contributed by atoms with Gasteiger partial charge < -0.3 is 4.90 Å². The highest BCUT2D eigenvalue weighted by Crippen LogP contribution is 2.25. The lowest BCUT2D eigenvalue weighted by molar-refractivity contribution is 0.447. The molecular weight excluding hydrogens is 320 g/mol. The van der Waals surface area contributed by atoms with Gasteiger partial charge in [0, 0.05) is 24.5 Å². The Balaban J connectivity index is 1.74. The predicted molar refractivity (Wildman–Crippen MR) is 99.0 cm³/mol. The number of anilines is 2. The maximum absolute atomic E-state index is 12.5. The van der Waals surface area contributed by atoms with Crippen LogP contribution in [0, 0.1) is 12.8 Å². The molecule has 0 amide bonds. The molecule has 5 heteroatoms. The Hall–Kier alpha value is -2.01. The van der Waals surface area contributed by atoms with Gasteiger partial charge in [-0.3, -0.25) is 4.72 Å². The highest BCUT2D eigenvalue weighted by atomic mass is 32.2. The number of piperidine rings is 1. The minimum atomic E-state index is -3.55. The van der Waals surface area contributed by atoms with Crippen LogP contribution in [0.1, 0.15) is 25.3 Å². The Kier molecular flexibility index (Phi) is 4.81. The number of hydrogen-bond donors (Lipinski definition) is 1. The Bertz CT molecular complexity index is 800. The lowest BCUT2D eigenvalue weighted by Crippen LogP contribution is -2.34. The van der Waals surface area contributed by atoms with Gasteiger partial charge in [0.15, 0.2) is 0 Å². The van der Waals surface area contributed by atoms with Crippen molar-refractivity contribution in [2.24, 2.45) is 5.92 Å². The molecule has 0 bridgehead atoms. The monoisotopic (exact) mass is 344 g/mol. The molecule has 24 heavy (non-hydrogen) atoms. The second-order valence-electron chi connectivity index (χ2n) is 6.66. The molecule has 1 fully saturated rings. The van der Waals surface area contributed by atoms with Gasteiger partial charge in [-0.25, -0.2) is 8.42 Å². The molecule has 2 aromatic rings. The fourth-order valence-corrected chi connectivity index (χ4v) is 4.32. The minimum Gasteiger partial charge on any atom is -0.371 e. The molecule has 1 saturated heterocycles. The highest BCUT2D eigenvalue weighted by molar-refractivity contribution is 7.92. The van der Waals surface area contributed by atoms with Crippen molar-refractivity contribution in [1.82, 2.24) is 0 Å². The summed E-state index contributed by atoms with van der Waals surface area (Å²) in [5.74, 6) is 0.707. The number of sulfonamides is 1. The Morgan fingerprint density at radius 2 is 1.88 bits per heavy atom. The van der Waals surface area contributed by atoms with E-state index in [-0.39, 0.29) is 4.90 Å². The summed E-state index contributed by atoms with van der Waals surface area (Å²) in [7, 11) is -3.55. The second-order valence-corrected chi connectivity index (χ2v) is 8.34. The van der Waals surface area contributed by atoms with Gasteiger partial charge in [0.2, 0.25) is 0 Å². The van der Waals surface area contributed by atoms with E-state index in [1.807, 2.05) is 37.3 Å². The first-order chi connectivity index (χ1) is 11.4. The van der Waals surface area contributed by atoms with Crippen molar-refractivity contribution in [1.29, 1.82) is 0 Å². The van der Waals surface area contributed by atoms with Gasteiger partial charge in [0.25, 0.3) is 10.0 Å². The molecule has 128 valence electrons. The first-order valence-corrected chi connectivity index (χ1v) is 9.87. The zero-order valence-corrected chi connectivity index (χ0v) is 15.0. The van der Waals surface area contributed by atoms with Gasteiger partial charge in [0.1, 0.15) is 0 Å². The molecule has 1 heterocycles. The quantitative estimate of drug-likeness (QED) is 0.911. The molecule has 0 saturated carbocycles. The van der Waals surface area contributed by atoms with Crippen molar-refractivity contribution in [3.8, 4) is 0 Å². The van der Waals surface area contributed by atoms with Crippen LogP contribution in [0.4, 0.5) is 11.4 Å². The van der Waals surface area contributed by atoms with E-state index in [0.717, 1.165) is 24.3 Å². The predicted octanol–water partition coefficient (Wildman–Crippen LogP) is 4.03. The van der Waals surface area contributed by atoms with E-state index in [0.29, 0.717) is 11.6 Å². The van der Waals surface area contributed by atoms with Gasteiger partial charge >= 0.3 is 0 Å². The zero-order valence-electron chi connectivity index (χ0n) is 14.2. The van der Waals surface area contributed by atoms with E-state index in [4.69, 9.17) is 0 Å². The third kappa shape index (κ3) is 3.90. The van der Waals surface area contributed by atoms with Crippen molar-refractivity contribution < 1.29 is 8.42 Å². The van der Waals surface area contributed by atoms with Gasteiger partial charge in [0.05, 0.1) is 4.90 Å². The van der Waals surface area contributed by atoms with Gasteiger partial charge in [-0.2, -0.15) is 0 Å². The minimum absolute atomic E-state index is 0.288. The Morgan fingerprint density at radius 3 is 2.54 bits per heavy atom. The van der Waals surface area contributed by atoms with Crippen LogP contribution >= 0.6 is 0 Å². The second kappa shape index (κ2) is 6.85. The number of nitrogens with one attached hydrogen (secondary N) is 1. The van der Waals surface area contributed by atoms with Crippen LogP contribution < -0.4 is 9.62 Å². The van der Waals surface area contributed by atoms with Crippen LogP contribution in [0.25, 0.3) is 0 Å². The Labute approximate surface area is 144 Å². The average molecular weight is 344 g/mol. The topological polar surface area (TPSA) is 49.4 Å². The molecule has 0 radical (unpaired) electrons. The molecule has 2 aromatic carbocycles. The average Bonchev–Trinajstić information content (AvgIpc) is 2.55. The van der Waals surface area contributed by atoms with Gasteiger partial charge in [-0.15, -0.1) is 0 Å². The molecule has 3 rings (SSSR count). The van der Waals surface area contributed by atoms with Crippen LogP contribution in [-0.4, -0.2) is 21.5 Å². The molecule has 0 aliphatic carbocycles. The summed E-state index contributed by atoms with van der Waals surface area (Å²) >= 11 is 0. The molecule has 1 aliphatic rings. The van der Waals surface area contributed by atoms with Crippen LogP contribution in [0.2, 0.25) is 0 Å². The molecule has 1 aliphatic heterocycles. The third-order valence-corrected chi connectivity index (χ3v) is 5.82. The van der Waals surface area contributed by atoms with Crippen LogP contribution in [-0.2, 0) is 10.0 Å². The number of rotatable bonds is 4. The fourth-order valence-electron chi connectivity index (χ4n) is 3.16. The summed E-state index contributed by atoms with van der Waals surface area (Å²) in [6, 6.07) is 14.6. The summed E-state index contributed by atoms with van der Waals surface area (Å²) < 4.78 is 27.6. The lowest BCUT2D eigenvalue weighted by Gasteiger charge is -2.32. The molecule has 1 N–H and O–H groups in total. The molecular formula is C19H24N2O2S. The summed E-state index contributed by atoms with van der Waals surface area (Å²) in [6.07, 6.45) is 2.49. The van der Waals surface area contributed by atoms with Crippen LogP contribution in [0.3, 0.4) is 0 Å². The Morgan fingerprint density at radius 1 is 1.12 bits per heavy atom. The zero-order chi connectivity index (χ0) is 17.2. The highest BCUT2D eigenvalue weighted by Gasteiger charge is 2.17. The van der Waals surface area contributed by atoms with Crippen molar-refractivity contribution in [3.05, 3.63) is 54.1 Å². The molecule has 0 aromatic heterocycles. The SMILES string of the molecule is Cc1cccc(S(=O)(=O)Nc2ccc(N3CCCC(C)C3)cc2)c1. The fraction of sp³-hybridized carbons (Fsp3) is 0.368. The van der Waals surface area contributed by atoms with E-state index >= 15 is 0 Å². The maximum atomic E-state index is 12.5. The maximum Gasteiger partial charge on any atom is 0.261 e. The number of nitrogens with zero attached hydrogens (tertiary/aromatic N) is 1. The van der Waals surface area contributed by atoms with Crippen LogP contribution in [0.5, 0.6) is 0 Å². The van der Waals surface area contributed by atoms with E-state index in [1.54, 1.807) is 18.2 Å². The van der Waals surface area contributed by atoms with Crippen molar-refractivity contribution in [3.63, 3.8) is 0 Å². The van der Waals surface area contributed by atoms with Gasteiger partial charge in [-0.05, 0) is 67.6 Å². The van der Waals surface area contributed by atoms with Crippen molar-refractivity contribution in [2.45, 2.75) is 31.6 Å². The summed E-state index contributed by atoms with van der Waals surface area (Å²) in [4.78, 5) is 2.66. The summed E-state index contributed by atoms with van der Waals surface area (Å²) in [6.45, 7) is 6.29. The number of aryl methyl sites for hydroxylation is 1. The molecule has 1 atom stereocenters. The first kappa shape index (κ1) is 16.8. The van der Waals surface area contributed by atoms with Gasteiger partial charge in [-0.1, -0.05) is 19.1 Å². The summed E-state index contributed by atoms with van der Waals surface area (Å²) in [5, 5.41) is 0. The molecule has 1 unspecified atom stereocenters. The normalized spacial score (nSPS) is 18.4. The van der Waals surface area contributed by atoms with E-state index in [1.165, 1.54) is 12.8 Å². The number of hydrogen-bond acceptors (Lipinski definition) is 3. The molecule has 0 spiro atoms. The van der Waals surface area contributed by atoms with Crippen molar-refractivity contribution >= 4 is 21.4 Å². The largest absolute Gasteiger partial charge is 0.371 e. The van der Waals surface area contributed by atoms with E-state index < -0.39 is 10.0 Å².